The zero-order chi connectivity index (χ0) is 14.0. The number of amides is 1. The Bertz CT molecular complexity index is 390. The highest BCUT2D eigenvalue weighted by molar-refractivity contribution is 6.27. The Kier molecular flexibility index (Phi) is 7.59. The molecule has 0 bridgehead atoms. The molecule has 1 aromatic rings. The average molecular weight is 253 g/mol. The highest BCUT2D eigenvalue weighted by atomic mass is 16.4. The van der Waals surface area contributed by atoms with Gasteiger partial charge in [0.1, 0.15) is 0 Å². The zero-order valence-corrected chi connectivity index (χ0v) is 9.92. The molecule has 98 valence electrons. The van der Waals surface area contributed by atoms with Crippen molar-refractivity contribution >= 4 is 17.8 Å². The summed E-state index contributed by atoms with van der Waals surface area (Å²) >= 11 is 0. The molecular weight excluding hydrogens is 238 g/mol. The van der Waals surface area contributed by atoms with Gasteiger partial charge in [-0.1, -0.05) is 37.3 Å². The van der Waals surface area contributed by atoms with E-state index in [1.54, 1.807) is 0 Å². The summed E-state index contributed by atoms with van der Waals surface area (Å²) in [6, 6.07) is 9.89. The molecule has 0 heterocycles. The maximum Gasteiger partial charge on any atom is 0.414 e. The van der Waals surface area contributed by atoms with Crippen LogP contribution in [0.2, 0.25) is 0 Å². The summed E-state index contributed by atoms with van der Waals surface area (Å²) < 4.78 is 0. The standard InChI is InChI=1S/C10H13NO.C2H2O4/c1-2-10(12)11-8-9-6-4-3-5-7-9;3-1(4)2(5)6/h3-7H,2,8H2,1H3,(H,11,12);(H,3,4)(H,5,6). The Hall–Kier alpha value is -2.37. The second-order valence-electron chi connectivity index (χ2n) is 3.23. The summed E-state index contributed by atoms with van der Waals surface area (Å²) in [7, 11) is 0. The first kappa shape index (κ1) is 15.6. The molecule has 0 aliphatic rings. The van der Waals surface area contributed by atoms with E-state index in [4.69, 9.17) is 19.8 Å². The molecule has 0 saturated carbocycles. The SMILES string of the molecule is CCC(=O)NCc1ccccc1.O=C(O)C(=O)O. The number of hydrogen-bond donors (Lipinski definition) is 3. The van der Waals surface area contributed by atoms with E-state index in [9.17, 15) is 4.79 Å². The van der Waals surface area contributed by atoms with Gasteiger partial charge in [0.25, 0.3) is 0 Å². The molecule has 0 saturated heterocycles. The van der Waals surface area contributed by atoms with Gasteiger partial charge in [0, 0.05) is 13.0 Å². The van der Waals surface area contributed by atoms with Gasteiger partial charge in [-0.05, 0) is 5.56 Å². The number of hydrogen-bond acceptors (Lipinski definition) is 3. The Labute approximate surface area is 104 Å². The minimum Gasteiger partial charge on any atom is -0.473 e. The van der Waals surface area contributed by atoms with Crippen LogP contribution in [0, 0.1) is 0 Å². The molecule has 0 fully saturated rings. The molecule has 18 heavy (non-hydrogen) atoms. The van der Waals surface area contributed by atoms with Crippen molar-refractivity contribution in [3.05, 3.63) is 35.9 Å². The lowest BCUT2D eigenvalue weighted by atomic mass is 10.2. The number of carbonyl (C=O) groups excluding carboxylic acids is 1. The van der Waals surface area contributed by atoms with Gasteiger partial charge in [0.2, 0.25) is 5.91 Å². The predicted octanol–water partition coefficient (Wildman–Crippen LogP) is 0.868. The molecule has 1 aromatic carbocycles. The Morgan fingerprint density at radius 2 is 1.56 bits per heavy atom. The van der Waals surface area contributed by atoms with E-state index in [1.807, 2.05) is 37.3 Å². The summed E-state index contributed by atoms with van der Waals surface area (Å²) in [4.78, 5) is 29.1. The van der Waals surface area contributed by atoms with Gasteiger partial charge >= 0.3 is 11.9 Å². The third-order valence-electron chi connectivity index (χ3n) is 1.84. The van der Waals surface area contributed by atoms with Crippen LogP contribution in [0.15, 0.2) is 30.3 Å². The second-order valence-corrected chi connectivity index (χ2v) is 3.23. The predicted molar refractivity (Wildman–Crippen MR) is 63.9 cm³/mol. The van der Waals surface area contributed by atoms with Crippen LogP contribution in [0.25, 0.3) is 0 Å². The number of carbonyl (C=O) groups is 3. The lowest BCUT2D eigenvalue weighted by Gasteiger charge is -2.02. The van der Waals surface area contributed by atoms with Gasteiger partial charge in [0.15, 0.2) is 0 Å². The first-order chi connectivity index (χ1) is 8.47. The van der Waals surface area contributed by atoms with Gasteiger partial charge < -0.3 is 15.5 Å². The molecule has 0 radical (unpaired) electrons. The van der Waals surface area contributed by atoms with Crippen molar-refractivity contribution < 1.29 is 24.6 Å². The Morgan fingerprint density at radius 1 is 1.06 bits per heavy atom. The average Bonchev–Trinajstić information content (AvgIpc) is 2.37. The van der Waals surface area contributed by atoms with E-state index in [-0.39, 0.29) is 5.91 Å². The fourth-order valence-electron chi connectivity index (χ4n) is 0.922. The van der Waals surface area contributed by atoms with Crippen molar-refractivity contribution in [3.63, 3.8) is 0 Å². The summed E-state index contributed by atoms with van der Waals surface area (Å²) in [6.07, 6.45) is 0.548. The lowest BCUT2D eigenvalue weighted by molar-refractivity contribution is -0.159. The van der Waals surface area contributed by atoms with E-state index in [2.05, 4.69) is 5.32 Å². The summed E-state index contributed by atoms with van der Waals surface area (Å²) in [5.41, 5.74) is 1.14. The molecule has 3 N–H and O–H groups in total. The minimum atomic E-state index is -1.82. The fraction of sp³-hybridized carbons (Fsp3) is 0.250. The molecule has 6 nitrogen and oxygen atoms in total. The molecule has 0 atom stereocenters. The van der Waals surface area contributed by atoms with Gasteiger partial charge in [-0.2, -0.15) is 0 Å². The number of carboxylic acid groups (broad SMARTS) is 2. The smallest absolute Gasteiger partial charge is 0.414 e. The van der Waals surface area contributed by atoms with Gasteiger partial charge in [-0.15, -0.1) is 0 Å². The van der Waals surface area contributed by atoms with Gasteiger partial charge in [-0.25, -0.2) is 9.59 Å². The maximum absolute atomic E-state index is 10.9. The van der Waals surface area contributed by atoms with Crippen molar-refractivity contribution in [2.75, 3.05) is 0 Å². The van der Waals surface area contributed by atoms with E-state index in [1.165, 1.54) is 0 Å². The summed E-state index contributed by atoms with van der Waals surface area (Å²) in [5, 5.41) is 17.6. The van der Waals surface area contributed by atoms with E-state index in [0.29, 0.717) is 13.0 Å². The number of aliphatic carboxylic acids is 2. The number of carboxylic acids is 2. The monoisotopic (exact) mass is 253 g/mol. The molecule has 0 aliphatic heterocycles. The van der Waals surface area contributed by atoms with E-state index >= 15 is 0 Å². The molecule has 0 unspecified atom stereocenters. The highest BCUT2D eigenvalue weighted by Gasteiger charge is 2.04. The van der Waals surface area contributed by atoms with Crippen LogP contribution < -0.4 is 5.32 Å². The molecule has 0 aliphatic carbocycles. The number of nitrogens with one attached hydrogen (secondary N) is 1. The lowest BCUT2D eigenvalue weighted by Crippen LogP contribution is -2.21. The molecular formula is C12H15NO5. The molecule has 1 amide bonds. The molecule has 6 heteroatoms. The number of benzene rings is 1. The minimum absolute atomic E-state index is 0.0962. The first-order valence-electron chi connectivity index (χ1n) is 5.24. The van der Waals surface area contributed by atoms with Crippen LogP contribution in [-0.2, 0) is 20.9 Å². The zero-order valence-electron chi connectivity index (χ0n) is 9.92. The topological polar surface area (TPSA) is 104 Å². The van der Waals surface area contributed by atoms with Crippen LogP contribution in [0.3, 0.4) is 0 Å². The summed E-state index contributed by atoms with van der Waals surface area (Å²) in [6.45, 7) is 2.48. The fourth-order valence-corrected chi connectivity index (χ4v) is 0.922. The quantitative estimate of drug-likeness (QED) is 0.693. The highest BCUT2D eigenvalue weighted by Crippen LogP contribution is 1.96. The van der Waals surface area contributed by atoms with E-state index in [0.717, 1.165) is 5.56 Å². The van der Waals surface area contributed by atoms with Crippen LogP contribution in [0.5, 0.6) is 0 Å². The van der Waals surface area contributed by atoms with Crippen molar-refractivity contribution in [1.29, 1.82) is 0 Å². The van der Waals surface area contributed by atoms with Gasteiger partial charge in [0.05, 0.1) is 0 Å². The van der Waals surface area contributed by atoms with Crippen LogP contribution in [0.1, 0.15) is 18.9 Å². The first-order valence-corrected chi connectivity index (χ1v) is 5.24. The third-order valence-corrected chi connectivity index (χ3v) is 1.84. The van der Waals surface area contributed by atoms with Crippen molar-refractivity contribution in [1.82, 2.24) is 5.32 Å². The van der Waals surface area contributed by atoms with Gasteiger partial charge in [-0.3, -0.25) is 4.79 Å². The van der Waals surface area contributed by atoms with Crippen molar-refractivity contribution in [2.24, 2.45) is 0 Å². The Morgan fingerprint density at radius 3 is 1.94 bits per heavy atom. The third kappa shape index (κ3) is 7.86. The maximum atomic E-state index is 10.9. The molecule has 1 rings (SSSR count). The Balaban J connectivity index is 0.000000411. The molecule has 0 aromatic heterocycles. The van der Waals surface area contributed by atoms with Crippen LogP contribution >= 0.6 is 0 Å². The second kappa shape index (κ2) is 8.74. The van der Waals surface area contributed by atoms with E-state index < -0.39 is 11.9 Å². The summed E-state index contributed by atoms with van der Waals surface area (Å²) in [5.74, 6) is -3.55. The van der Waals surface area contributed by atoms with Crippen molar-refractivity contribution in [3.8, 4) is 0 Å². The van der Waals surface area contributed by atoms with Crippen LogP contribution in [0.4, 0.5) is 0 Å². The number of rotatable bonds is 3. The molecule has 0 spiro atoms. The van der Waals surface area contributed by atoms with Crippen molar-refractivity contribution in [2.45, 2.75) is 19.9 Å². The van der Waals surface area contributed by atoms with Crippen LogP contribution in [-0.4, -0.2) is 28.1 Å². The normalized spacial score (nSPS) is 8.72. The largest absolute Gasteiger partial charge is 0.473 e.